The smallest absolute Gasteiger partial charge is 0.135 e. The molecule has 2 saturated carbocycles. The Kier molecular flexibility index (Phi) is 12.4. The van der Waals surface area contributed by atoms with E-state index < -0.39 is 36.6 Å². The molecule has 0 bridgehead atoms. The molecule has 1 heterocycles. The summed E-state index contributed by atoms with van der Waals surface area (Å²) in [5, 5.41) is 48.9. The average molecular weight is 686 g/mol. The van der Waals surface area contributed by atoms with E-state index in [-0.39, 0.29) is 24.5 Å². The fourth-order valence-corrected chi connectivity index (χ4v) is 6.78. The summed E-state index contributed by atoms with van der Waals surface area (Å²) < 4.78 is 12.8. The normalized spacial score (nSPS) is 18.6. The molecule has 2 aromatic carbocycles. The highest BCUT2D eigenvalue weighted by molar-refractivity contribution is 7.99. The van der Waals surface area contributed by atoms with Crippen molar-refractivity contribution in [3.05, 3.63) is 77.1 Å². The topological polar surface area (TPSA) is 150 Å². The number of aliphatic hydroxyl groups excluding tert-OH is 5. The van der Waals surface area contributed by atoms with Crippen LogP contribution < -0.4 is 4.74 Å². The Morgan fingerprint density at radius 3 is 2.49 bits per heavy atom. The molecule has 0 saturated heterocycles. The number of aliphatic hydroxyl groups is 5. The zero-order valence-corrected chi connectivity index (χ0v) is 28.1. The molecular weight excluding hydrogens is 642 g/mol. The predicted molar refractivity (Wildman–Crippen MR) is 180 cm³/mol. The van der Waals surface area contributed by atoms with Crippen molar-refractivity contribution in [3.8, 4) is 16.9 Å². The standard InChI is InChI=1S/C36H44ClNO8S/c1-22(30(40)10-11-31(41)34(43)35(44)32(42)20-39)13-17-47-25-8-9-29(37)23(18-25)21-45-36(14-15-36)28-19-38-16-12-26(28)27-4-2-3-5-33(27)46-24-6-7-24/h2-5,8-9,12,16,18-19,22,24,31-32,34-35,39,41-44H,6-7,10-11,13-15,17,20-21H2,1H3/t22?,31-,32+,34+,35+/m0/s1. The van der Waals surface area contributed by atoms with E-state index in [0.717, 1.165) is 58.6 Å². The van der Waals surface area contributed by atoms with Crippen LogP contribution >= 0.6 is 23.4 Å². The minimum absolute atomic E-state index is 0.0218. The third-order valence-corrected chi connectivity index (χ3v) is 10.3. The predicted octanol–water partition coefficient (Wildman–Crippen LogP) is 5.05. The molecular formula is C36H44ClNO8S. The number of ketones is 1. The molecule has 0 spiro atoms. The summed E-state index contributed by atoms with van der Waals surface area (Å²) in [4.78, 5) is 18.1. The Morgan fingerprint density at radius 1 is 1.02 bits per heavy atom. The van der Waals surface area contributed by atoms with Crippen molar-refractivity contribution >= 4 is 29.1 Å². The van der Waals surface area contributed by atoms with E-state index in [1.807, 2.05) is 55.6 Å². The van der Waals surface area contributed by atoms with Crippen LogP contribution in [0.15, 0.2) is 65.8 Å². The van der Waals surface area contributed by atoms with Crippen molar-refractivity contribution in [2.45, 2.75) is 99.5 Å². The molecule has 5 atom stereocenters. The first-order chi connectivity index (χ1) is 22.6. The van der Waals surface area contributed by atoms with Crippen LogP contribution in [0.2, 0.25) is 5.02 Å². The van der Waals surface area contributed by atoms with Gasteiger partial charge in [-0.1, -0.05) is 36.7 Å². The highest BCUT2D eigenvalue weighted by atomic mass is 35.5. The number of pyridine rings is 1. The van der Waals surface area contributed by atoms with Gasteiger partial charge in [-0.15, -0.1) is 11.8 Å². The Labute approximate surface area is 284 Å². The molecule has 5 N–H and O–H groups in total. The van der Waals surface area contributed by atoms with E-state index in [1.165, 1.54) is 0 Å². The number of ether oxygens (including phenoxy) is 2. The number of para-hydroxylation sites is 1. The number of benzene rings is 2. The number of carbonyl (C=O) groups is 1. The van der Waals surface area contributed by atoms with E-state index in [9.17, 15) is 25.2 Å². The maximum absolute atomic E-state index is 12.7. The average Bonchev–Trinajstić information content (AvgIpc) is 4.04. The van der Waals surface area contributed by atoms with Crippen LogP contribution in [-0.4, -0.2) is 79.2 Å². The molecule has 254 valence electrons. The van der Waals surface area contributed by atoms with Gasteiger partial charge in [0.05, 0.1) is 31.0 Å². The number of nitrogens with zero attached hydrogens (tertiary/aromatic N) is 1. The summed E-state index contributed by atoms with van der Waals surface area (Å²) in [6.45, 7) is 1.42. The highest BCUT2D eigenvalue weighted by Crippen LogP contribution is 2.53. The van der Waals surface area contributed by atoms with E-state index in [4.69, 9.17) is 26.2 Å². The number of hydrogen-bond acceptors (Lipinski definition) is 10. The summed E-state index contributed by atoms with van der Waals surface area (Å²) >= 11 is 8.22. The summed E-state index contributed by atoms with van der Waals surface area (Å²) in [5.41, 5.74) is 3.60. The summed E-state index contributed by atoms with van der Waals surface area (Å²) in [7, 11) is 0. The minimum Gasteiger partial charge on any atom is -0.490 e. The zero-order valence-electron chi connectivity index (χ0n) is 26.5. The molecule has 0 radical (unpaired) electrons. The maximum atomic E-state index is 12.7. The van der Waals surface area contributed by atoms with Gasteiger partial charge in [0.2, 0.25) is 0 Å². The number of thioether (sulfide) groups is 1. The van der Waals surface area contributed by atoms with Crippen molar-refractivity contribution in [1.29, 1.82) is 0 Å². The molecule has 5 rings (SSSR count). The fraction of sp³-hybridized carbons (Fsp3) is 0.500. The summed E-state index contributed by atoms with van der Waals surface area (Å²) in [5.74, 6) is 1.24. The zero-order chi connectivity index (χ0) is 33.6. The highest BCUT2D eigenvalue weighted by Gasteiger charge is 2.48. The lowest BCUT2D eigenvalue weighted by molar-refractivity contribution is -0.127. The van der Waals surface area contributed by atoms with Gasteiger partial charge >= 0.3 is 0 Å². The van der Waals surface area contributed by atoms with Gasteiger partial charge < -0.3 is 35.0 Å². The van der Waals surface area contributed by atoms with Crippen LogP contribution in [0.3, 0.4) is 0 Å². The molecule has 0 aliphatic heterocycles. The first-order valence-electron chi connectivity index (χ1n) is 16.2. The molecule has 0 amide bonds. The molecule has 9 nitrogen and oxygen atoms in total. The number of halogens is 1. The third kappa shape index (κ3) is 9.33. The monoisotopic (exact) mass is 685 g/mol. The lowest BCUT2D eigenvalue weighted by Crippen LogP contribution is -2.46. The van der Waals surface area contributed by atoms with Crippen molar-refractivity contribution in [1.82, 2.24) is 4.98 Å². The quantitative estimate of drug-likeness (QED) is 0.109. The van der Waals surface area contributed by atoms with E-state index in [0.29, 0.717) is 29.9 Å². The third-order valence-electron chi connectivity index (χ3n) is 8.91. The van der Waals surface area contributed by atoms with Gasteiger partial charge in [-0.2, -0.15) is 0 Å². The number of carbonyl (C=O) groups excluding carboxylic acids is 1. The van der Waals surface area contributed by atoms with E-state index >= 15 is 0 Å². The van der Waals surface area contributed by atoms with Gasteiger partial charge in [0.25, 0.3) is 0 Å². The Hall–Kier alpha value is -2.54. The van der Waals surface area contributed by atoms with Crippen LogP contribution in [0.5, 0.6) is 5.75 Å². The van der Waals surface area contributed by atoms with E-state index in [2.05, 4.69) is 11.1 Å². The number of aromatic nitrogens is 1. The van der Waals surface area contributed by atoms with Gasteiger partial charge in [-0.3, -0.25) is 9.78 Å². The van der Waals surface area contributed by atoms with Crippen LogP contribution in [0, 0.1) is 5.92 Å². The maximum Gasteiger partial charge on any atom is 0.135 e. The molecule has 1 aromatic heterocycles. The van der Waals surface area contributed by atoms with Crippen LogP contribution in [0.25, 0.3) is 11.1 Å². The lowest BCUT2D eigenvalue weighted by atomic mass is 9.95. The molecule has 1 unspecified atom stereocenters. The first kappa shape index (κ1) is 35.8. The molecule has 11 heteroatoms. The van der Waals surface area contributed by atoms with Gasteiger partial charge in [0, 0.05) is 45.8 Å². The summed E-state index contributed by atoms with van der Waals surface area (Å²) in [6, 6.07) is 16.0. The second-order valence-corrected chi connectivity index (χ2v) is 14.2. The molecule has 2 aliphatic rings. The van der Waals surface area contributed by atoms with E-state index in [1.54, 1.807) is 18.0 Å². The lowest BCUT2D eigenvalue weighted by Gasteiger charge is -2.25. The van der Waals surface area contributed by atoms with Crippen LogP contribution in [0.4, 0.5) is 0 Å². The van der Waals surface area contributed by atoms with Crippen LogP contribution in [0.1, 0.15) is 63.0 Å². The van der Waals surface area contributed by atoms with Crippen molar-refractivity contribution < 1.29 is 39.8 Å². The Balaban J connectivity index is 1.14. The Bertz CT molecular complexity index is 1500. The molecule has 3 aromatic rings. The number of Topliss-reactive ketones (excluding diaryl/α,β-unsaturated/α-hetero) is 1. The SMILES string of the molecule is CC(CCSc1ccc(Cl)c(COC2(c3cnccc3-c3ccccc3OC3CC3)CC2)c1)C(=O)CC[C@H](O)[C@@H](O)[C@H](O)[C@H](O)CO. The number of rotatable bonds is 19. The number of hydrogen-bond donors (Lipinski definition) is 5. The largest absolute Gasteiger partial charge is 0.490 e. The van der Waals surface area contributed by atoms with Gasteiger partial charge in [-0.25, -0.2) is 0 Å². The second kappa shape index (κ2) is 16.2. The second-order valence-electron chi connectivity index (χ2n) is 12.6. The molecule has 2 aliphatic carbocycles. The van der Waals surface area contributed by atoms with Crippen molar-refractivity contribution in [3.63, 3.8) is 0 Å². The fourth-order valence-electron chi connectivity index (χ4n) is 5.51. The first-order valence-corrected chi connectivity index (χ1v) is 17.6. The van der Waals surface area contributed by atoms with Crippen LogP contribution in [-0.2, 0) is 21.7 Å². The summed E-state index contributed by atoms with van der Waals surface area (Å²) in [6.07, 6.45) is 2.18. The van der Waals surface area contributed by atoms with Crippen molar-refractivity contribution in [2.75, 3.05) is 12.4 Å². The van der Waals surface area contributed by atoms with Gasteiger partial charge in [0.1, 0.15) is 29.8 Å². The Morgan fingerprint density at radius 2 is 1.77 bits per heavy atom. The molecule has 47 heavy (non-hydrogen) atoms. The van der Waals surface area contributed by atoms with Crippen molar-refractivity contribution in [2.24, 2.45) is 5.92 Å². The molecule has 2 fully saturated rings. The van der Waals surface area contributed by atoms with Gasteiger partial charge in [-0.05, 0) is 85.7 Å². The minimum atomic E-state index is -1.70. The van der Waals surface area contributed by atoms with Gasteiger partial charge in [0.15, 0.2) is 0 Å².